The lowest BCUT2D eigenvalue weighted by Crippen LogP contribution is -2.17. The van der Waals surface area contributed by atoms with Crippen LogP contribution in [0.1, 0.15) is 24.2 Å². The molecule has 2 rings (SSSR count). The number of halogens is 2. The topological polar surface area (TPSA) is 17.0 Å². The molecule has 4 heteroatoms. The molecule has 1 N–H and O–H groups in total. The van der Waals surface area contributed by atoms with Gasteiger partial charge in [0.1, 0.15) is 11.6 Å². The molecule has 96 valence electrons. The molecule has 0 saturated heterocycles. The van der Waals surface area contributed by atoms with E-state index in [1.54, 1.807) is 0 Å². The molecule has 1 atom stereocenters. The number of rotatable bonds is 4. The Bertz CT molecular complexity index is 534. The van der Waals surface area contributed by atoms with Crippen LogP contribution in [0, 0.1) is 11.6 Å². The number of hydrogen-bond donors (Lipinski definition) is 1. The second kappa shape index (κ2) is 5.31. The third-order valence-corrected chi connectivity index (χ3v) is 3.10. The lowest BCUT2D eigenvalue weighted by molar-refractivity contribution is 0.552. The maximum atomic E-state index is 13.6. The summed E-state index contributed by atoms with van der Waals surface area (Å²) in [6, 6.07) is 7.78. The molecule has 0 fully saturated rings. The van der Waals surface area contributed by atoms with Crippen LogP contribution in [0.15, 0.2) is 36.5 Å². The Kier molecular flexibility index (Phi) is 3.77. The third kappa shape index (κ3) is 2.59. The van der Waals surface area contributed by atoms with E-state index in [0.717, 1.165) is 11.8 Å². The molecule has 0 spiro atoms. The van der Waals surface area contributed by atoms with Crippen LogP contribution in [0.4, 0.5) is 8.78 Å². The molecule has 2 aromatic rings. The highest BCUT2D eigenvalue weighted by Gasteiger charge is 2.10. The molecule has 0 saturated carbocycles. The molecular weight excluding hydrogens is 234 g/mol. The molecule has 0 aliphatic rings. The molecule has 1 unspecified atom stereocenters. The third-order valence-electron chi connectivity index (χ3n) is 3.10. The Morgan fingerprint density at radius 3 is 2.72 bits per heavy atom. The average molecular weight is 250 g/mol. The minimum atomic E-state index is -0.549. The van der Waals surface area contributed by atoms with Gasteiger partial charge in [-0.25, -0.2) is 8.78 Å². The van der Waals surface area contributed by atoms with E-state index >= 15 is 0 Å². The van der Waals surface area contributed by atoms with Crippen LogP contribution >= 0.6 is 0 Å². The van der Waals surface area contributed by atoms with Gasteiger partial charge in [-0.05, 0) is 32.2 Å². The average Bonchev–Trinajstić information content (AvgIpc) is 2.80. The Balaban J connectivity index is 2.26. The lowest BCUT2D eigenvalue weighted by Gasteiger charge is -2.15. The second-order valence-electron chi connectivity index (χ2n) is 4.31. The Labute approximate surface area is 105 Å². The molecule has 0 radical (unpaired) electrons. The van der Waals surface area contributed by atoms with E-state index in [0.29, 0.717) is 12.1 Å². The first-order valence-corrected chi connectivity index (χ1v) is 5.88. The molecule has 0 amide bonds. The normalized spacial score (nSPS) is 12.7. The van der Waals surface area contributed by atoms with Crippen molar-refractivity contribution in [1.29, 1.82) is 0 Å². The van der Waals surface area contributed by atoms with Gasteiger partial charge in [-0.3, -0.25) is 0 Å². The van der Waals surface area contributed by atoms with Crippen molar-refractivity contribution in [2.75, 3.05) is 7.05 Å². The van der Waals surface area contributed by atoms with Gasteiger partial charge < -0.3 is 9.88 Å². The smallest absolute Gasteiger partial charge is 0.131 e. The van der Waals surface area contributed by atoms with Crippen LogP contribution in [0.5, 0.6) is 0 Å². The Morgan fingerprint density at radius 2 is 2.06 bits per heavy atom. The van der Waals surface area contributed by atoms with Gasteiger partial charge in [0.15, 0.2) is 0 Å². The summed E-state index contributed by atoms with van der Waals surface area (Å²) < 4.78 is 28.4. The largest absolute Gasteiger partial charge is 0.345 e. The van der Waals surface area contributed by atoms with E-state index in [2.05, 4.69) is 5.32 Å². The summed E-state index contributed by atoms with van der Waals surface area (Å²) in [7, 11) is 1.88. The van der Waals surface area contributed by atoms with Crippen molar-refractivity contribution in [3.63, 3.8) is 0 Å². The van der Waals surface area contributed by atoms with Crippen molar-refractivity contribution in [2.45, 2.75) is 19.5 Å². The molecule has 0 bridgehead atoms. The van der Waals surface area contributed by atoms with Gasteiger partial charge in [-0.1, -0.05) is 6.07 Å². The van der Waals surface area contributed by atoms with Crippen molar-refractivity contribution in [3.8, 4) is 0 Å². The van der Waals surface area contributed by atoms with Crippen LogP contribution in [0.2, 0.25) is 0 Å². The minimum absolute atomic E-state index is 0.184. The number of benzene rings is 1. The summed E-state index contributed by atoms with van der Waals surface area (Å²) in [5, 5.41) is 3.14. The van der Waals surface area contributed by atoms with Gasteiger partial charge in [0.05, 0.1) is 6.54 Å². The molecule has 1 aromatic carbocycles. The standard InChI is InChI=1S/C14H16F2N2/c1-10(17-2)14-4-3-7-18(14)9-11-5-6-12(15)8-13(11)16/h3-8,10,17H,9H2,1-2H3. The van der Waals surface area contributed by atoms with Crippen LogP contribution < -0.4 is 5.32 Å². The molecule has 0 aliphatic heterocycles. The molecule has 2 nitrogen and oxygen atoms in total. The van der Waals surface area contributed by atoms with Gasteiger partial charge >= 0.3 is 0 Å². The fourth-order valence-electron chi connectivity index (χ4n) is 1.95. The predicted octanol–water partition coefficient (Wildman–Crippen LogP) is 3.10. The fraction of sp³-hybridized carbons (Fsp3) is 0.286. The quantitative estimate of drug-likeness (QED) is 0.882. The zero-order valence-corrected chi connectivity index (χ0v) is 10.5. The summed E-state index contributed by atoms with van der Waals surface area (Å²) >= 11 is 0. The Morgan fingerprint density at radius 1 is 1.28 bits per heavy atom. The minimum Gasteiger partial charge on any atom is -0.345 e. The number of hydrogen-bond acceptors (Lipinski definition) is 1. The number of nitrogens with zero attached hydrogens (tertiary/aromatic N) is 1. The van der Waals surface area contributed by atoms with E-state index in [4.69, 9.17) is 0 Å². The van der Waals surface area contributed by atoms with Crippen LogP contribution in [0.3, 0.4) is 0 Å². The first kappa shape index (κ1) is 12.8. The first-order valence-electron chi connectivity index (χ1n) is 5.88. The van der Waals surface area contributed by atoms with Gasteiger partial charge in [0.25, 0.3) is 0 Å². The monoisotopic (exact) mass is 250 g/mol. The van der Waals surface area contributed by atoms with Crippen molar-refractivity contribution in [1.82, 2.24) is 9.88 Å². The highest BCUT2D eigenvalue weighted by Crippen LogP contribution is 2.17. The zero-order valence-electron chi connectivity index (χ0n) is 10.5. The van der Waals surface area contributed by atoms with E-state index in [1.807, 2.05) is 36.9 Å². The van der Waals surface area contributed by atoms with Crippen molar-refractivity contribution in [2.24, 2.45) is 0 Å². The van der Waals surface area contributed by atoms with E-state index in [9.17, 15) is 8.78 Å². The summed E-state index contributed by atoms with van der Waals surface area (Å²) in [4.78, 5) is 0. The van der Waals surface area contributed by atoms with Crippen LogP contribution in [-0.2, 0) is 6.54 Å². The number of aromatic nitrogens is 1. The fourth-order valence-corrected chi connectivity index (χ4v) is 1.95. The molecule has 18 heavy (non-hydrogen) atoms. The highest BCUT2D eigenvalue weighted by molar-refractivity contribution is 5.21. The maximum absolute atomic E-state index is 13.6. The van der Waals surface area contributed by atoms with Crippen molar-refractivity contribution < 1.29 is 8.78 Å². The van der Waals surface area contributed by atoms with E-state index < -0.39 is 11.6 Å². The summed E-state index contributed by atoms with van der Waals surface area (Å²) in [5.74, 6) is -1.06. The van der Waals surface area contributed by atoms with Crippen molar-refractivity contribution in [3.05, 3.63) is 59.4 Å². The van der Waals surface area contributed by atoms with Gasteiger partial charge in [-0.2, -0.15) is 0 Å². The predicted molar refractivity (Wildman–Crippen MR) is 67.4 cm³/mol. The molecule has 0 aliphatic carbocycles. The maximum Gasteiger partial charge on any atom is 0.131 e. The molecular formula is C14H16F2N2. The molecule has 1 heterocycles. The summed E-state index contributed by atoms with van der Waals surface area (Å²) in [5.41, 5.74) is 1.55. The Hall–Kier alpha value is -1.68. The van der Waals surface area contributed by atoms with Gasteiger partial charge in [0, 0.05) is 29.6 Å². The first-order chi connectivity index (χ1) is 8.61. The van der Waals surface area contributed by atoms with Gasteiger partial charge in [0.2, 0.25) is 0 Å². The van der Waals surface area contributed by atoms with E-state index in [-0.39, 0.29) is 6.04 Å². The molecule has 1 aromatic heterocycles. The SMILES string of the molecule is CNC(C)c1cccn1Cc1ccc(F)cc1F. The zero-order chi connectivity index (χ0) is 13.1. The van der Waals surface area contributed by atoms with Crippen LogP contribution in [0.25, 0.3) is 0 Å². The lowest BCUT2D eigenvalue weighted by atomic mass is 10.2. The highest BCUT2D eigenvalue weighted by atomic mass is 19.1. The van der Waals surface area contributed by atoms with Gasteiger partial charge in [-0.15, -0.1) is 0 Å². The van der Waals surface area contributed by atoms with E-state index in [1.165, 1.54) is 12.1 Å². The summed E-state index contributed by atoms with van der Waals surface area (Å²) in [6.07, 6.45) is 1.89. The van der Waals surface area contributed by atoms with Crippen LogP contribution in [-0.4, -0.2) is 11.6 Å². The van der Waals surface area contributed by atoms with Crippen molar-refractivity contribution >= 4 is 0 Å². The second-order valence-corrected chi connectivity index (χ2v) is 4.31. The number of nitrogens with one attached hydrogen (secondary N) is 1. The summed E-state index contributed by atoms with van der Waals surface area (Å²) in [6.45, 7) is 2.44.